The number of benzene rings is 3. The fourth-order valence-electron chi connectivity index (χ4n) is 3.41. The smallest absolute Gasteiger partial charge is 0.146 e. The number of hydrogen-bond donors (Lipinski definition) is 0. The molecule has 26 heavy (non-hydrogen) atoms. The van der Waals surface area contributed by atoms with Gasteiger partial charge in [-0.05, 0) is 30.5 Å². The van der Waals surface area contributed by atoms with Gasteiger partial charge < -0.3 is 9.30 Å². The van der Waals surface area contributed by atoms with Crippen LogP contribution in [0.2, 0.25) is 0 Å². The predicted octanol–water partition coefficient (Wildman–Crippen LogP) is 5.34. The SMILES string of the molecule is COc1cccc2c1nc(-c1ccccc1)n2CCCc1ccccc1. The van der Waals surface area contributed by atoms with Gasteiger partial charge >= 0.3 is 0 Å². The van der Waals surface area contributed by atoms with E-state index in [1.165, 1.54) is 5.56 Å². The molecule has 130 valence electrons. The number of nitrogens with zero attached hydrogens (tertiary/aromatic N) is 2. The average molecular weight is 342 g/mol. The molecule has 0 saturated heterocycles. The van der Waals surface area contributed by atoms with Crippen LogP contribution in [-0.4, -0.2) is 16.7 Å². The largest absolute Gasteiger partial charge is 0.494 e. The van der Waals surface area contributed by atoms with Crippen LogP contribution in [0.5, 0.6) is 5.75 Å². The monoisotopic (exact) mass is 342 g/mol. The van der Waals surface area contributed by atoms with Crippen molar-refractivity contribution in [3.63, 3.8) is 0 Å². The van der Waals surface area contributed by atoms with Crippen molar-refractivity contribution in [2.45, 2.75) is 19.4 Å². The van der Waals surface area contributed by atoms with E-state index < -0.39 is 0 Å². The van der Waals surface area contributed by atoms with E-state index in [4.69, 9.17) is 9.72 Å². The van der Waals surface area contributed by atoms with Crippen LogP contribution in [0.3, 0.4) is 0 Å². The van der Waals surface area contributed by atoms with E-state index >= 15 is 0 Å². The van der Waals surface area contributed by atoms with Crippen LogP contribution in [0, 0.1) is 0 Å². The lowest BCUT2D eigenvalue weighted by Gasteiger charge is -2.10. The zero-order valence-corrected chi connectivity index (χ0v) is 14.9. The predicted molar refractivity (Wildman–Crippen MR) is 106 cm³/mol. The van der Waals surface area contributed by atoms with Gasteiger partial charge in [0.2, 0.25) is 0 Å². The van der Waals surface area contributed by atoms with Crippen LogP contribution in [-0.2, 0) is 13.0 Å². The molecule has 1 heterocycles. The number of aryl methyl sites for hydroxylation is 2. The minimum Gasteiger partial charge on any atom is -0.494 e. The van der Waals surface area contributed by atoms with E-state index in [1.807, 2.05) is 18.2 Å². The molecule has 4 aromatic rings. The van der Waals surface area contributed by atoms with Crippen LogP contribution in [0.1, 0.15) is 12.0 Å². The van der Waals surface area contributed by atoms with Crippen molar-refractivity contribution in [3.8, 4) is 17.1 Å². The second-order valence-corrected chi connectivity index (χ2v) is 6.37. The molecule has 0 radical (unpaired) electrons. The second kappa shape index (κ2) is 7.44. The van der Waals surface area contributed by atoms with Crippen molar-refractivity contribution >= 4 is 11.0 Å². The molecule has 0 aliphatic heterocycles. The molecule has 0 spiro atoms. The van der Waals surface area contributed by atoms with Crippen LogP contribution >= 0.6 is 0 Å². The van der Waals surface area contributed by atoms with Gasteiger partial charge in [-0.15, -0.1) is 0 Å². The van der Waals surface area contributed by atoms with Crippen molar-refractivity contribution in [1.82, 2.24) is 9.55 Å². The Bertz CT molecular complexity index is 991. The Morgan fingerprint density at radius 2 is 1.58 bits per heavy atom. The Hall–Kier alpha value is -3.07. The average Bonchev–Trinajstić information content (AvgIpc) is 3.08. The number of rotatable bonds is 6. The third kappa shape index (κ3) is 3.21. The summed E-state index contributed by atoms with van der Waals surface area (Å²) in [6.07, 6.45) is 2.12. The van der Waals surface area contributed by atoms with Gasteiger partial charge in [0, 0.05) is 12.1 Å². The van der Waals surface area contributed by atoms with E-state index in [0.717, 1.165) is 47.6 Å². The summed E-state index contributed by atoms with van der Waals surface area (Å²) in [6.45, 7) is 0.919. The normalized spacial score (nSPS) is 11.0. The summed E-state index contributed by atoms with van der Waals surface area (Å²) in [4.78, 5) is 4.92. The topological polar surface area (TPSA) is 27.1 Å². The first kappa shape index (κ1) is 16.4. The fraction of sp³-hybridized carbons (Fsp3) is 0.174. The molecule has 3 aromatic carbocycles. The lowest BCUT2D eigenvalue weighted by molar-refractivity contribution is 0.419. The van der Waals surface area contributed by atoms with E-state index in [9.17, 15) is 0 Å². The minimum atomic E-state index is 0.821. The van der Waals surface area contributed by atoms with Crippen LogP contribution in [0.4, 0.5) is 0 Å². The Morgan fingerprint density at radius 3 is 2.31 bits per heavy atom. The molecule has 0 N–H and O–H groups in total. The fourth-order valence-corrected chi connectivity index (χ4v) is 3.41. The van der Waals surface area contributed by atoms with Crippen LogP contribution in [0.15, 0.2) is 78.9 Å². The zero-order chi connectivity index (χ0) is 17.8. The van der Waals surface area contributed by atoms with Gasteiger partial charge in [0.05, 0.1) is 12.6 Å². The summed E-state index contributed by atoms with van der Waals surface area (Å²) in [5.41, 5.74) is 4.55. The molecule has 0 amide bonds. The first-order valence-electron chi connectivity index (χ1n) is 8.99. The highest BCUT2D eigenvalue weighted by atomic mass is 16.5. The molecule has 3 heteroatoms. The van der Waals surface area contributed by atoms with Crippen LogP contribution < -0.4 is 4.74 Å². The number of fused-ring (bicyclic) bond motifs is 1. The zero-order valence-electron chi connectivity index (χ0n) is 14.9. The maximum Gasteiger partial charge on any atom is 0.146 e. The molecule has 4 rings (SSSR count). The quantitative estimate of drug-likeness (QED) is 0.472. The summed E-state index contributed by atoms with van der Waals surface area (Å²) in [7, 11) is 1.70. The third-order valence-corrected chi connectivity index (χ3v) is 4.68. The van der Waals surface area contributed by atoms with Gasteiger partial charge in [-0.2, -0.15) is 0 Å². The highest BCUT2D eigenvalue weighted by molar-refractivity contribution is 5.86. The summed E-state index contributed by atoms with van der Waals surface area (Å²) in [5.74, 6) is 1.82. The summed E-state index contributed by atoms with van der Waals surface area (Å²) < 4.78 is 7.85. The highest BCUT2D eigenvalue weighted by Gasteiger charge is 2.15. The van der Waals surface area contributed by atoms with Crippen molar-refractivity contribution in [1.29, 1.82) is 0 Å². The third-order valence-electron chi connectivity index (χ3n) is 4.68. The maximum absolute atomic E-state index is 5.53. The molecule has 0 saturated carbocycles. The molecule has 0 fully saturated rings. The Morgan fingerprint density at radius 1 is 0.846 bits per heavy atom. The van der Waals surface area contributed by atoms with E-state index in [0.29, 0.717) is 0 Å². The van der Waals surface area contributed by atoms with Gasteiger partial charge in [-0.3, -0.25) is 0 Å². The Labute approximate surface area is 153 Å². The summed E-state index contributed by atoms with van der Waals surface area (Å²) in [5, 5.41) is 0. The van der Waals surface area contributed by atoms with Gasteiger partial charge in [0.25, 0.3) is 0 Å². The van der Waals surface area contributed by atoms with Crippen molar-refractivity contribution in [2.75, 3.05) is 7.11 Å². The number of aromatic nitrogens is 2. The molecule has 0 unspecified atom stereocenters. The second-order valence-electron chi connectivity index (χ2n) is 6.37. The number of methoxy groups -OCH3 is 1. The molecule has 0 atom stereocenters. The van der Waals surface area contributed by atoms with Gasteiger partial charge in [-0.1, -0.05) is 66.7 Å². The van der Waals surface area contributed by atoms with Gasteiger partial charge in [0.1, 0.15) is 17.1 Å². The standard InChI is InChI=1S/C23H22N2O/c1-26-21-16-8-15-20-22(21)24-23(19-13-6-3-7-14-19)25(20)17-9-12-18-10-4-2-5-11-18/h2-8,10-11,13-16H,9,12,17H2,1H3. The van der Waals surface area contributed by atoms with Crippen molar-refractivity contribution in [3.05, 3.63) is 84.4 Å². The Kier molecular flexibility index (Phi) is 4.69. The molecule has 0 bridgehead atoms. The van der Waals surface area contributed by atoms with E-state index in [1.54, 1.807) is 7.11 Å². The van der Waals surface area contributed by atoms with Gasteiger partial charge in [-0.25, -0.2) is 4.98 Å². The number of para-hydroxylation sites is 1. The molecule has 0 aliphatic rings. The number of hydrogen-bond acceptors (Lipinski definition) is 2. The van der Waals surface area contributed by atoms with Crippen LogP contribution in [0.25, 0.3) is 22.4 Å². The first-order chi connectivity index (χ1) is 12.9. The van der Waals surface area contributed by atoms with Crippen molar-refractivity contribution < 1.29 is 4.74 Å². The minimum absolute atomic E-state index is 0.821. The number of imidazole rings is 1. The highest BCUT2D eigenvalue weighted by Crippen LogP contribution is 2.30. The molecular formula is C23H22N2O. The summed E-state index contributed by atoms with van der Waals surface area (Å²) in [6, 6.07) is 27.1. The molecular weight excluding hydrogens is 320 g/mol. The van der Waals surface area contributed by atoms with E-state index in [2.05, 4.69) is 65.2 Å². The first-order valence-corrected chi connectivity index (χ1v) is 8.99. The van der Waals surface area contributed by atoms with Gasteiger partial charge in [0.15, 0.2) is 0 Å². The molecule has 0 aliphatic carbocycles. The Balaban J connectivity index is 1.71. The maximum atomic E-state index is 5.53. The lowest BCUT2D eigenvalue weighted by Crippen LogP contribution is -2.02. The van der Waals surface area contributed by atoms with Crippen molar-refractivity contribution in [2.24, 2.45) is 0 Å². The molecule has 3 nitrogen and oxygen atoms in total. The lowest BCUT2D eigenvalue weighted by atomic mass is 10.1. The number of ether oxygens (including phenoxy) is 1. The van der Waals surface area contributed by atoms with E-state index in [-0.39, 0.29) is 0 Å². The molecule has 1 aromatic heterocycles. The summed E-state index contributed by atoms with van der Waals surface area (Å²) >= 11 is 0.